The van der Waals surface area contributed by atoms with Crippen LogP contribution in [0.4, 0.5) is 0 Å². The van der Waals surface area contributed by atoms with Gasteiger partial charge in [0.2, 0.25) is 0 Å². The van der Waals surface area contributed by atoms with Crippen LogP contribution in [0, 0.1) is 0 Å². The fourth-order valence-corrected chi connectivity index (χ4v) is 5.01. The van der Waals surface area contributed by atoms with Crippen molar-refractivity contribution in [1.82, 2.24) is 5.32 Å². The molecule has 218 valence electrons. The van der Waals surface area contributed by atoms with Crippen molar-refractivity contribution in [2.24, 2.45) is 0 Å². The lowest BCUT2D eigenvalue weighted by atomic mass is 10.0. The standard InChI is InChI=1S/C32H67N.C3H6/c1-3-5-7-9-11-13-15-17-19-21-23-25-27-29-31-33-32-30-28-26-24-22-20-18-16-14-12-10-8-6-4-2;1-3-2/h33H,3-32H2,1-2H3;3H,1H2,2H3. The van der Waals surface area contributed by atoms with E-state index in [-0.39, 0.29) is 0 Å². The predicted molar refractivity (Wildman–Crippen MR) is 169 cm³/mol. The molecule has 0 atom stereocenters. The van der Waals surface area contributed by atoms with Crippen molar-refractivity contribution >= 4 is 0 Å². The molecule has 0 radical (unpaired) electrons. The van der Waals surface area contributed by atoms with E-state index in [4.69, 9.17) is 0 Å². The number of nitrogens with one attached hydrogen (secondary N) is 1. The van der Waals surface area contributed by atoms with Crippen LogP contribution < -0.4 is 5.32 Å². The summed E-state index contributed by atoms with van der Waals surface area (Å²) in [4.78, 5) is 0. The Hall–Kier alpha value is -0.300. The van der Waals surface area contributed by atoms with Crippen LogP contribution in [0.5, 0.6) is 0 Å². The molecule has 36 heavy (non-hydrogen) atoms. The van der Waals surface area contributed by atoms with Crippen LogP contribution in [-0.4, -0.2) is 13.1 Å². The van der Waals surface area contributed by atoms with Crippen LogP contribution in [0.25, 0.3) is 0 Å². The molecular formula is C35H73N. The van der Waals surface area contributed by atoms with Gasteiger partial charge in [-0.05, 0) is 32.9 Å². The third kappa shape index (κ3) is 40.9. The number of rotatable bonds is 30. The quantitative estimate of drug-likeness (QED) is 0.0752. The van der Waals surface area contributed by atoms with Crippen molar-refractivity contribution in [2.75, 3.05) is 13.1 Å². The largest absolute Gasteiger partial charge is 0.317 e. The van der Waals surface area contributed by atoms with Crippen molar-refractivity contribution in [2.45, 2.75) is 201 Å². The molecule has 0 bridgehead atoms. The number of unbranched alkanes of at least 4 members (excludes halogenated alkanes) is 26. The smallest absolute Gasteiger partial charge is 0.00489 e. The number of allylic oxidation sites excluding steroid dienone is 1. The summed E-state index contributed by atoms with van der Waals surface area (Å²) in [6, 6.07) is 0. The highest BCUT2D eigenvalue weighted by Gasteiger charge is 1.96. The van der Waals surface area contributed by atoms with Crippen molar-refractivity contribution in [3.8, 4) is 0 Å². The lowest BCUT2D eigenvalue weighted by molar-refractivity contribution is 0.518. The first-order chi connectivity index (χ1) is 17.8. The van der Waals surface area contributed by atoms with Gasteiger partial charge in [0.15, 0.2) is 0 Å². The molecule has 0 saturated carbocycles. The maximum atomic E-state index is 3.67. The van der Waals surface area contributed by atoms with Gasteiger partial charge in [-0.25, -0.2) is 0 Å². The average Bonchev–Trinajstić information content (AvgIpc) is 2.88. The van der Waals surface area contributed by atoms with Gasteiger partial charge in [-0.15, -0.1) is 6.58 Å². The Kier molecular flexibility index (Phi) is 41.2. The summed E-state index contributed by atoms with van der Waals surface area (Å²) in [7, 11) is 0. The van der Waals surface area contributed by atoms with Crippen molar-refractivity contribution < 1.29 is 0 Å². The number of hydrogen-bond donors (Lipinski definition) is 1. The molecule has 1 N–H and O–H groups in total. The molecule has 0 aliphatic carbocycles. The summed E-state index contributed by atoms with van der Waals surface area (Å²) in [6.45, 7) is 12.4. The van der Waals surface area contributed by atoms with Gasteiger partial charge in [-0.2, -0.15) is 0 Å². The molecule has 0 aromatic carbocycles. The van der Waals surface area contributed by atoms with Gasteiger partial charge in [0.25, 0.3) is 0 Å². The Morgan fingerprint density at radius 3 is 0.722 bits per heavy atom. The van der Waals surface area contributed by atoms with Crippen molar-refractivity contribution in [3.63, 3.8) is 0 Å². The molecule has 0 fully saturated rings. The van der Waals surface area contributed by atoms with Crippen LogP contribution in [0.1, 0.15) is 201 Å². The van der Waals surface area contributed by atoms with Gasteiger partial charge in [-0.1, -0.05) is 187 Å². The average molecular weight is 508 g/mol. The third-order valence-electron chi connectivity index (χ3n) is 7.41. The molecule has 0 rings (SSSR count). The Labute approximate surface area is 231 Å². The minimum absolute atomic E-state index is 1.25. The molecule has 0 aliphatic rings. The predicted octanol–water partition coefficient (Wildman–Crippen LogP) is 12.7. The lowest BCUT2D eigenvalue weighted by Crippen LogP contribution is -2.16. The SMILES string of the molecule is C=CC.CCCCCCCCCCCCCCCCNCCCCCCCCCCCCCCCC. The fraction of sp³-hybridized carbons (Fsp3) is 0.943. The van der Waals surface area contributed by atoms with Crippen LogP contribution >= 0.6 is 0 Å². The minimum Gasteiger partial charge on any atom is -0.317 e. The normalized spacial score (nSPS) is 10.9. The van der Waals surface area contributed by atoms with E-state index >= 15 is 0 Å². The highest BCUT2D eigenvalue weighted by molar-refractivity contribution is 4.54. The Morgan fingerprint density at radius 2 is 0.528 bits per heavy atom. The first-order valence-corrected chi connectivity index (χ1v) is 17.1. The van der Waals surface area contributed by atoms with Gasteiger partial charge < -0.3 is 5.32 Å². The zero-order valence-electron chi connectivity index (χ0n) is 26.0. The molecule has 1 nitrogen and oxygen atoms in total. The summed E-state index contributed by atoms with van der Waals surface area (Å²) in [5.41, 5.74) is 0. The first-order valence-electron chi connectivity index (χ1n) is 17.1. The van der Waals surface area contributed by atoms with Gasteiger partial charge in [0, 0.05) is 0 Å². The van der Waals surface area contributed by atoms with Crippen molar-refractivity contribution in [1.29, 1.82) is 0 Å². The maximum Gasteiger partial charge on any atom is -0.00489 e. The van der Waals surface area contributed by atoms with E-state index in [1.807, 2.05) is 6.92 Å². The zero-order valence-corrected chi connectivity index (χ0v) is 26.0. The molecule has 0 aromatic rings. The van der Waals surface area contributed by atoms with E-state index in [1.54, 1.807) is 6.08 Å². The van der Waals surface area contributed by atoms with Crippen LogP contribution in [0.3, 0.4) is 0 Å². The summed E-state index contributed by atoms with van der Waals surface area (Å²) in [5, 5.41) is 3.67. The molecule has 0 aliphatic heterocycles. The second-order valence-electron chi connectivity index (χ2n) is 11.4. The van der Waals surface area contributed by atoms with E-state index in [0.29, 0.717) is 0 Å². The molecule has 0 spiro atoms. The monoisotopic (exact) mass is 508 g/mol. The molecule has 1 heteroatoms. The first kappa shape index (κ1) is 37.9. The second-order valence-corrected chi connectivity index (χ2v) is 11.4. The van der Waals surface area contributed by atoms with Crippen LogP contribution in [0.15, 0.2) is 12.7 Å². The Morgan fingerprint density at radius 1 is 0.361 bits per heavy atom. The fourth-order valence-electron chi connectivity index (χ4n) is 5.01. The Balaban J connectivity index is 0. The van der Waals surface area contributed by atoms with Gasteiger partial charge in [0.1, 0.15) is 0 Å². The summed E-state index contributed by atoms with van der Waals surface area (Å²) >= 11 is 0. The summed E-state index contributed by atoms with van der Waals surface area (Å²) in [5.74, 6) is 0. The van der Waals surface area contributed by atoms with E-state index in [9.17, 15) is 0 Å². The molecule has 0 unspecified atom stereocenters. The summed E-state index contributed by atoms with van der Waals surface area (Å²) < 4.78 is 0. The number of hydrogen-bond acceptors (Lipinski definition) is 1. The van der Waals surface area contributed by atoms with E-state index in [1.165, 1.54) is 193 Å². The zero-order chi connectivity index (χ0) is 26.6. The molecular weight excluding hydrogens is 434 g/mol. The Bertz CT molecular complexity index is 321. The van der Waals surface area contributed by atoms with E-state index in [2.05, 4.69) is 25.7 Å². The van der Waals surface area contributed by atoms with E-state index < -0.39 is 0 Å². The lowest BCUT2D eigenvalue weighted by Gasteiger charge is -2.06. The van der Waals surface area contributed by atoms with E-state index in [0.717, 1.165) is 0 Å². The maximum absolute atomic E-state index is 3.67. The topological polar surface area (TPSA) is 12.0 Å². The van der Waals surface area contributed by atoms with Gasteiger partial charge >= 0.3 is 0 Å². The van der Waals surface area contributed by atoms with Crippen LogP contribution in [-0.2, 0) is 0 Å². The highest BCUT2D eigenvalue weighted by atomic mass is 14.8. The van der Waals surface area contributed by atoms with Crippen molar-refractivity contribution in [3.05, 3.63) is 12.7 Å². The molecule has 0 amide bonds. The van der Waals surface area contributed by atoms with Gasteiger partial charge in [-0.3, -0.25) is 0 Å². The summed E-state index contributed by atoms with van der Waals surface area (Å²) in [6.07, 6.45) is 42.5. The highest BCUT2D eigenvalue weighted by Crippen LogP contribution is 2.14. The minimum atomic E-state index is 1.25. The molecule has 0 aromatic heterocycles. The van der Waals surface area contributed by atoms with Crippen LogP contribution in [0.2, 0.25) is 0 Å². The van der Waals surface area contributed by atoms with Gasteiger partial charge in [0.05, 0.1) is 0 Å². The third-order valence-corrected chi connectivity index (χ3v) is 7.41. The second kappa shape index (κ2) is 39.2. The molecule has 0 saturated heterocycles. The molecule has 0 heterocycles.